The van der Waals surface area contributed by atoms with Gasteiger partial charge in [0.25, 0.3) is 0 Å². The third-order valence-electron chi connectivity index (χ3n) is 2.43. The van der Waals surface area contributed by atoms with Crippen LogP contribution in [0.15, 0.2) is 24.3 Å². The van der Waals surface area contributed by atoms with Crippen LogP contribution in [0, 0.1) is 0 Å². The number of hydrogen-bond acceptors (Lipinski definition) is 3. The summed E-state index contributed by atoms with van der Waals surface area (Å²) in [6, 6.07) is 7.10. The van der Waals surface area contributed by atoms with E-state index in [2.05, 4.69) is 0 Å². The molecule has 2 N–H and O–H groups in total. The van der Waals surface area contributed by atoms with Crippen LogP contribution in [-0.4, -0.2) is 33.7 Å². The van der Waals surface area contributed by atoms with Crippen LogP contribution in [0.2, 0.25) is 0 Å². The number of benzene rings is 1. The third-order valence-corrected chi connectivity index (χ3v) is 2.43. The van der Waals surface area contributed by atoms with E-state index >= 15 is 0 Å². The maximum absolute atomic E-state index is 10.7. The van der Waals surface area contributed by atoms with Gasteiger partial charge in [0.15, 0.2) is 0 Å². The molecule has 88 valence electrons. The highest BCUT2D eigenvalue weighted by atomic mass is 16.4. The number of hydrogen-bond donors (Lipinski definition) is 2. The smallest absolute Gasteiger partial charge is 0.317 e. The second-order valence-corrected chi connectivity index (χ2v) is 4.02. The van der Waals surface area contributed by atoms with Crippen LogP contribution in [0.5, 0.6) is 5.75 Å². The monoisotopic (exact) mass is 223 g/mol. The summed E-state index contributed by atoms with van der Waals surface area (Å²) in [6.45, 7) is 4.29. The summed E-state index contributed by atoms with van der Waals surface area (Å²) in [7, 11) is 0. The number of rotatable bonds is 5. The molecule has 0 saturated heterocycles. The standard InChI is InChI=1S/C12H17NO3/c1-9(2)13(8-12(15)16)7-10-5-3-4-6-11(10)14/h3-6,9,14H,7-8H2,1-2H3,(H,15,16). The molecule has 0 amide bonds. The minimum Gasteiger partial charge on any atom is -0.508 e. The van der Waals surface area contributed by atoms with Crippen molar-refractivity contribution in [3.8, 4) is 5.75 Å². The first-order valence-corrected chi connectivity index (χ1v) is 5.23. The summed E-state index contributed by atoms with van der Waals surface area (Å²) >= 11 is 0. The minimum atomic E-state index is -0.857. The number of carbonyl (C=O) groups is 1. The first-order valence-electron chi connectivity index (χ1n) is 5.23. The van der Waals surface area contributed by atoms with E-state index in [1.165, 1.54) is 0 Å². The normalized spacial score (nSPS) is 11.0. The molecule has 0 atom stereocenters. The fourth-order valence-corrected chi connectivity index (χ4v) is 1.46. The molecule has 0 aliphatic rings. The van der Waals surface area contributed by atoms with Gasteiger partial charge in [-0.2, -0.15) is 0 Å². The van der Waals surface area contributed by atoms with Crippen molar-refractivity contribution in [3.63, 3.8) is 0 Å². The summed E-state index contributed by atoms with van der Waals surface area (Å²) in [4.78, 5) is 12.5. The number of phenols is 1. The van der Waals surface area contributed by atoms with Gasteiger partial charge in [-0.05, 0) is 19.9 Å². The van der Waals surface area contributed by atoms with Crippen molar-refractivity contribution in [2.45, 2.75) is 26.4 Å². The Morgan fingerprint density at radius 1 is 1.38 bits per heavy atom. The molecule has 0 aliphatic carbocycles. The third kappa shape index (κ3) is 3.55. The number of carboxylic acids is 1. The van der Waals surface area contributed by atoms with Crippen LogP contribution in [0.25, 0.3) is 0 Å². The van der Waals surface area contributed by atoms with Crippen LogP contribution in [0.1, 0.15) is 19.4 Å². The van der Waals surface area contributed by atoms with E-state index < -0.39 is 5.97 Å². The van der Waals surface area contributed by atoms with Gasteiger partial charge >= 0.3 is 5.97 Å². The molecule has 0 spiro atoms. The minimum absolute atomic E-state index is 0.0218. The number of para-hydroxylation sites is 1. The largest absolute Gasteiger partial charge is 0.508 e. The highest BCUT2D eigenvalue weighted by molar-refractivity contribution is 5.69. The molecule has 0 fully saturated rings. The van der Waals surface area contributed by atoms with Gasteiger partial charge < -0.3 is 10.2 Å². The second kappa shape index (κ2) is 5.51. The van der Waals surface area contributed by atoms with Gasteiger partial charge in [-0.25, -0.2) is 0 Å². The van der Waals surface area contributed by atoms with Gasteiger partial charge in [-0.1, -0.05) is 18.2 Å². The number of aliphatic carboxylic acids is 1. The zero-order chi connectivity index (χ0) is 12.1. The van der Waals surface area contributed by atoms with Gasteiger partial charge in [-0.15, -0.1) is 0 Å². The summed E-state index contributed by atoms with van der Waals surface area (Å²) in [5.74, 6) is -0.650. The first-order chi connectivity index (χ1) is 7.50. The van der Waals surface area contributed by atoms with Crippen molar-refractivity contribution in [1.29, 1.82) is 0 Å². The molecule has 4 nitrogen and oxygen atoms in total. The molecule has 4 heteroatoms. The summed E-state index contributed by atoms with van der Waals surface area (Å²) in [5, 5.41) is 18.4. The molecule has 0 unspecified atom stereocenters. The zero-order valence-electron chi connectivity index (χ0n) is 9.55. The number of aromatic hydroxyl groups is 1. The van der Waals surface area contributed by atoms with E-state index in [1.54, 1.807) is 23.1 Å². The maximum Gasteiger partial charge on any atom is 0.317 e. The summed E-state index contributed by atoms with van der Waals surface area (Å²) in [5.41, 5.74) is 0.748. The summed E-state index contributed by atoms with van der Waals surface area (Å²) < 4.78 is 0. The fraction of sp³-hybridized carbons (Fsp3) is 0.417. The molecule has 1 aromatic rings. The Hall–Kier alpha value is -1.55. The van der Waals surface area contributed by atoms with Crippen LogP contribution in [0.4, 0.5) is 0 Å². The van der Waals surface area contributed by atoms with Crippen molar-refractivity contribution in [1.82, 2.24) is 4.90 Å². The Morgan fingerprint density at radius 3 is 2.50 bits per heavy atom. The van der Waals surface area contributed by atoms with Crippen LogP contribution >= 0.6 is 0 Å². The van der Waals surface area contributed by atoms with E-state index in [9.17, 15) is 9.90 Å². The van der Waals surface area contributed by atoms with Crippen molar-refractivity contribution in [3.05, 3.63) is 29.8 Å². The van der Waals surface area contributed by atoms with Crippen molar-refractivity contribution >= 4 is 5.97 Å². The topological polar surface area (TPSA) is 60.8 Å². The lowest BCUT2D eigenvalue weighted by Crippen LogP contribution is -2.35. The Kier molecular flexibility index (Phi) is 4.31. The number of carboxylic acid groups (broad SMARTS) is 1. The molecule has 0 radical (unpaired) electrons. The van der Waals surface area contributed by atoms with Crippen molar-refractivity contribution in [2.24, 2.45) is 0 Å². The quantitative estimate of drug-likeness (QED) is 0.797. The lowest BCUT2D eigenvalue weighted by Gasteiger charge is -2.24. The number of nitrogens with zero attached hydrogens (tertiary/aromatic N) is 1. The average Bonchev–Trinajstić information content (AvgIpc) is 2.19. The second-order valence-electron chi connectivity index (χ2n) is 4.02. The molecular weight excluding hydrogens is 206 g/mol. The molecule has 0 bridgehead atoms. The predicted octanol–water partition coefficient (Wildman–Crippen LogP) is 1.69. The Morgan fingerprint density at radius 2 is 2.00 bits per heavy atom. The molecular formula is C12H17NO3. The SMILES string of the molecule is CC(C)N(CC(=O)O)Cc1ccccc1O. The van der Waals surface area contributed by atoms with Crippen molar-refractivity contribution < 1.29 is 15.0 Å². The highest BCUT2D eigenvalue weighted by Crippen LogP contribution is 2.18. The Bertz CT molecular complexity index is 363. The molecule has 0 aliphatic heterocycles. The van der Waals surface area contributed by atoms with E-state index in [4.69, 9.17) is 5.11 Å². The molecule has 1 aromatic carbocycles. The van der Waals surface area contributed by atoms with E-state index in [-0.39, 0.29) is 18.3 Å². The van der Waals surface area contributed by atoms with Crippen LogP contribution in [-0.2, 0) is 11.3 Å². The maximum atomic E-state index is 10.7. The van der Waals surface area contributed by atoms with Gasteiger partial charge in [0, 0.05) is 18.2 Å². The lowest BCUT2D eigenvalue weighted by atomic mass is 10.1. The molecule has 0 aromatic heterocycles. The van der Waals surface area contributed by atoms with E-state index in [1.807, 2.05) is 19.9 Å². The predicted molar refractivity (Wildman–Crippen MR) is 61.3 cm³/mol. The van der Waals surface area contributed by atoms with Gasteiger partial charge in [0.1, 0.15) is 5.75 Å². The average molecular weight is 223 g/mol. The fourth-order valence-electron chi connectivity index (χ4n) is 1.46. The number of phenolic OH excluding ortho intramolecular Hbond substituents is 1. The van der Waals surface area contributed by atoms with Crippen LogP contribution in [0.3, 0.4) is 0 Å². The van der Waals surface area contributed by atoms with E-state index in [0.29, 0.717) is 6.54 Å². The first kappa shape index (κ1) is 12.5. The van der Waals surface area contributed by atoms with Gasteiger partial charge in [-0.3, -0.25) is 9.69 Å². The molecule has 1 rings (SSSR count). The molecule has 0 heterocycles. The summed E-state index contributed by atoms with van der Waals surface area (Å²) in [6.07, 6.45) is 0. The highest BCUT2D eigenvalue weighted by Gasteiger charge is 2.14. The van der Waals surface area contributed by atoms with Gasteiger partial charge in [0.2, 0.25) is 0 Å². The van der Waals surface area contributed by atoms with Crippen LogP contribution < -0.4 is 0 Å². The lowest BCUT2D eigenvalue weighted by molar-refractivity contribution is -0.138. The van der Waals surface area contributed by atoms with E-state index in [0.717, 1.165) is 5.56 Å². The Labute approximate surface area is 95.1 Å². The zero-order valence-corrected chi connectivity index (χ0v) is 9.55. The molecule has 16 heavy (non-hydrogen) atoms. The van der Waals surface area contributed by atoms with Crippen molar-refractivity contribution in [2.75, 3.05) is 6.54 Å². The van der Waals surface area contributed by atoms with Gasteiger partial charge in [0.05, 0.1) is 6.54 Å². The Balaban J connectivity index is 2.76. The molecule has 0 saturated carbocycles.